The van der Waals surface area contributed by atoms with Gasteiger partial charge in [-0.3, -0.25) is 4.79 Å². The van der Waals surface area contributed by atoms with Crippen LogP contribution in [0.25, 0.3) is 5.65 Å². The minimum atomic E-state index is -0.0185. The number of carbonyl (C=O) groups excluding carboxylic acids is 1. The second-order valence-corrected chi connectivity index (χ2v) is 6.77. The van der Waals surface area contributed by atoms with E-state index in [1.165, 1.54) is 0 Å². The van der Waals surface area contributed by atoms with Crippen molar-refractivity contribution in [2.24, 2.45) is 0 Å². The maximum absolute atomic E-state index is 12.8. The summed E-state index contributed by atoms with van der Waals surface area (Å²) in [5, 5.41) is 0. The predicted molar refractivity (Wildman–Crippen MR) is 94.7 cm³/mol. The molecule has 4 rings (SSSR count). The monoisotopic (exact) mass is 335 g/mol. The summed E-state index contributed by atoms with van der Waals surface area (Å²) in [4.78, 5) is 28.3. The smallest absolute Gasteiger partial charge is 0.274 e. The van der Waals surface area contributed by atoms with Crippen LogP contribution >= 0.6 is 0 Å². The van der Waals surface area contributed by atoms with E-state index in [0.717, 1.165) is 35.0 Å². The van der Waals surface area contributed by atoms with Crippen LogP contribution in [0.5, 0.6) is 0 Å². The zero-order valence-corrected chi connectivity index (χ0v) is 14.7. The van der Waals surface area contributed by atoms with Gasteiger partial charge in [0.15, 0.2) is 0 Å². The number of amides is 1. The van der Waals surface area contributed by atoms with E-state index in [2.05, 4.69) is 15.0 Å². The molecule has 1 aliphatic rings. The lowest BCUT2D eigenvalue weighted by Crippen LogP contribution is -2.29. The highest BCUT2D eigenvalue weighted by Gasteiger charge is 2.31. The van der Waals surface area contributed by atoms with E-state index in [0.29, 0.717) is 18.8 Å². The molecule has 25 heavy (non-hydrogen) atoms. The first-order valence-electron chi connectivity index (χ1n) is 8.57. The molecule has 1 atom stereocenters. The van der Waals surface area contributed by atoms with Gasteiger partial charge < -0.3 is 9.30 Å². The first-order chi connectivity index (χ1) is 12.0. The molecule has 3 aromatic heterocycles. The van der Waals surface area contributed by atoms with Crippen LogP contribution in [0.4, 0.5) is 0 Å². The molecule has 0 N–H and O–H groups in total. The van der Waals surface area contributed by atoms with Crippen LogP contribution in [0.3, 0.4) is 0 Å². The van der Waals surface area contributed by atoms with Gasteiger partial charge in [-0.25, -0.2) is 15.0 Å². The van der Waals surface area contributed by atoms with E-state index in [-0.39, 0.29) is 11.8 Å². The summed E-state index contributed by atoms with van der Waals surface area (Å²) in [6.45, 7) is 7.33. The third-order valence-corrected chi connectivity index (χ3v) is 4.76. The Kier molecular flexibility index (Phi) is 3.75. The summed E-state index contributed by atoms with van der Waals surface area (Å²) in [5.41, 5.74) is 4.31. The van der Waals surface area contributed by atoms with E-state index in [9.17, 15) is 4.79 Å². The number of aryl methyl sites for hydroxylation is 3. The van der Waals surface area contributed by atoms with Gasteiger partial charge in [0.25, 0.3) is 5.91 Å². The Hall–Kier alpha value is -2.76. The van der Waals surface area contributed by atoms with Gasteiger partial charge in [0.05, 0.1) is 0 Å². The fourth-order valence-electron chi connectivity index (χ4n) is 3.50. The van der Waals surface area contributed by atoms with Crippen molar-refractivity contribution in [2.45, 2.75) is 33.1 Å². The van der Waals surface area contributed by atoms with Gasteiger partial charge in [0.1, 0.15) is 17.2 Å². The fourth-order valence-corrected chi connectivity index (χ4v) is 3.50. The minimum Gasteiger partial charge on any atom is -0.337 e. The summed E-state index contributed by atoms with van der Waals surface area (Å²) in [5.74, 6) is 1.02. The minimum absolute atomic E-state index is 0.0185. The maximum atomic E-state index is 12.8. The number of fused-ring (bicyclic) bond motifs is 1. The average Bonchev–Trinajstić information content (AvgIpc) is 3.21. The van der Waals surface area contributed by atoms with Crippen LogP contribution < -0.4 is 0 Å². The molecule has 6 heteroatoms. The molecule has 0 unspecified atom stereocenters. The standard InChI is InChI=1S/C19H21N5O/c1-12-9-13(2)21-18(20-12)15-7-8-23(10-15)19(25)16-11-24-14(3)5-4-6-17(24)22-16/h4-6,9,11,15H,7-8,10H2,1-3H3/t15-/m0/s1. The highest BCUT2D eigenvalue weighted by Crippen LogP contribution is 2.26. The molecule has 1 fully saturated rings. The van der Waals surface area contributed by atoms with E-state index >= 15 is 0 Å². The number of aromatic nitrogens is 4. The van der Waals surface area contributed by atoms with Gasteiger partial charge in [-0.2, -0.15) is 0 Å². The van der Waals surface area contributed by atoms with E-state index in [4.69, 9.17) is 0 Å². The Balaban J connectivity index is 1.56. The Morgan fingerprint density at radius 2 is 1.88 bits per heavy atom. The largest absolute Gasteiger partial charge is 0.337 e. The van der Waals surface area contributed by atoms with Gasteiger partial charge in [-0.1, -0.05) is 6.07 Å². The normalized spacial score (nSPS) is 17.4. The number of likely N-dealkylation sites (tertiary alicyclic amines) is 1. The summed E-state index contributed by atoms with van der Waals surface area (Å²) in [7, 11) is 0. The molecular weight excluding hydrogens is 314 g/mol. The van der Waals surface area contributed by atoms with Crippen LogP contribution in [0.1, 0.15) is 45.7 Å². The summed E-state index contributed by atoms with van der Waals surface area (Å²) in [6, 6.07) is 7.85. The Labute approximate surface area is 146 Å². The maximum Gasteiger partial charge on any atom is 0.274 e. The molecule has 4 heterocycles. The van der Waals surface area contributed by atoms with Crippen molar-refractivity contribution >= 4 is 11.6 Å². The topological polar surface area (TPSA) is 63.4 Å². The highest BCUT2D eigenvalue weighted by molar-refractivity contribution is 5.93. The van der Waals surface area contributed by atoms with Crippen molar-refractivity contribution in [2.75, 3.05) is 13.1 Å². The second kappa shape index (κ2) is 5.95. The molecule has 128 valence electrons. The molecular formula is C19H21N5O. The highest BCUT2D eigenvalue weighted by atomic mass is 16.2. The summed E-state index contributed by atoms with van der Waals surface area (Å²) >= 11 is 0. The van der Waals surface area contributed by atoms with E-state index < -0.39 is 0 Å². The number of hydrogen-bond donors (Lipinski definition) is 0. The molecule has 0 radical (unpaired) electrons. The molecule has 0 saturated carbocycles. The van der Waals surface area contributed by atoms with Crippen LogP contribution in [0.2, 0.25) is 0 Å². The molecule has 0 aliphatic carbocycles. The predicted octanol–water partition coefficient (Wildman–Crippen LogP) is 2.68. The molecule has 1 amide bonds. The van der Waals surface area contributed by atoms with Gasteiger partial charge in [0.2, 0.25) is 0 Å². The van der Waals surface area contributed by atoms with Crippen molar-refractivity contribution in [3.05, 3.63) is 59.1 Å². The third-order valence-electron chi connectivity index (χ3n) is 4.76. The second-order valence-electron chi connectivity index (χ2n) is 6.77. The van der Waals surface area contributed by atoms with Crippen molar-refractivity contribution in [3.8, 4) is 0 Å². The lowest BCUT2D eigenvalue weighted by molar-refractivity contribution is 0.0785. The van der Waals surface area contributed by atoms with Crippen LogP contribution in [0, 0.1) is 20.8 Å². The number of imidazole rings is 1. The Morgan fingerprint density at radius 1 is 1.12 bits per heavy atom. The molecule has 0 bridgehead atoms. The van der Waals surface area contributed by atoms with Crippen molar-refractivity contribution in [1.29, 1.82) is 0 Å². The van der Waals surface area contributed by atoms with Gasteiger partial charge in [-0.15, -0.1) is 0 Å². The molecule has 3 aromatic rings. The van der Waals surface area contributed by atoms with Crippen molar-refractivity contribution in [1.82, 2.24) is 24.3 Å². The Bertz CT molecular complexity index is 941. The zero-order valence-electron chi connectivity index (χ0n) is 14.7. The Morgan fingerprint density at radius 3 is 2.60 bits per heavy atom. The van der Waals surface area contributed by atoms with Crippen LogP contribution in [-0.4, -0.2) is 43.2 Å². The number of hydrogen-bond acceptors (Lipinski definition) is 4. The fraction of sp³-hybridized carbons (Fsp3) is 0.368. The van der Waals surface area contributed by atoms with Gasteiger partial charge in [-0.05, 0) is 45.4 Å². The average molecular weight is 335 g/mol. The van der Waals surface area contributed by atoms with E-state index in [1.54, 1.807) is 0 Å². The van der Waals surface area contributed by atoms with E-state index in [1.807, 2.05) is 60.5 Å². The first kappa shape index (κ1) is 15.7. The molecule has 1 aliphatic heterocycles. The lowest BCUT2D eigenvalue weighted by atomic mass is 10.1. The number of carbonyl (C=O) groups is 1. The van der Waals surface area contributed by atoms with Crippen LogP contribution in [-0.2, 0) is 0 Å². The lowest BCUT2D eigenvalue weighted by Gasteiger charge is -2.15. The molecule has 6 nitrogen and oxygen atoms in total. The molecule has 0 spiro atoms. The molecule has 0 aromatic carbocycles. The van der Waals surface area contributed by atoms with Gasteiger partial charge in [0, 0.05) is 42.3 Å². The quantitative estimate of drug-likeness (QED) is 0.722. The number of pyridine rings is 1. The van der Waals surface area contributed by atoms with Crippen molar-refractivity contribution < 1.29 is 4.79 Å². The van der Waals surface area contributed by atoms with Crippen molar-refractivity contribution in [3.63, 3.8) is 0 Å². The number of nitrogens with zero attached hydrogens (tertiary/aromatic N) is 5. The first-order valence-corrected chi connectivity index (χ1v) is 8.57. The zero-order chi connectivity index (χ0) is 17.6. The summed E-state index contributed by atoms with van der Waals surface area (Å²) < 4.78 is 1.95. The van der Waals surface area contributed by atoms with Crippen LogP contribution in [0.15, 0.2) is 30.5 Å². The third kappa shape index (κ3) is 2.88. The summed E-state index contributed by atoms with van der Waals surface area (Å²) in [6.07, 6.45) is 2.72. The van der Waals surface area contributed by atoms with Gasteiger partial charge >= 0.3 is 0 Å². The SMILES string of the molecule is Cc1cc(C)nc([C@H]2CCN(C(=O)c3cn4c(C)cccc4n3)C2)n1. The number of rotatable bonds is 2. The molecule has 1 saturated heterocycles.